The maximum atomic E-state index is 12.3. The number of amides is 1. The van der Waals surface area contributed by atoms with Crippen LogP contribution in [-0.2, 0) is 11.3 Å². The first-order valence-electron chi connectivity index (χ1n) is 10.6. The fourth-order valence-corrected chi connectivity index (χ4v) is 5.12. The van der Waals surface area contributed by atoms with E-state index in [1.54, 1.807) is 11.0 Å². The van der Waals surface area contributed by atoms with Crippen molar-refractivity contribution in [2.24, 2.45) is 0 Å². The van der Waals surface area contributed by atoms with Crippen molar-refractivity contribution < 1.29 is 15.0 Å². The number of piperidine rings is 1. The fraction of sp³-hybridized carbons (Fsp3) is 0.458. The van der Waals surface area contributed by atoms with Gasteiger partial charge in [0.1, 0.15) is 12.4 Å². The molecule has 2 heterocycles. The van der Waals surface area contributed by atoms with Crippen LogP contribution in [0.25, 0.3) is 0 Å². The quantitative estimate of drug-likeness (QED) is 0.757. The Labute approximate surface area is 172 Å². The van der Waals surface area contributed by atoms with Crippen LogP contribution in [0.2, 0.25) is 0 Å². The Balaban J connectivity index is 1.38. The molecule has 2 aliphatic rings. The van der Waals surface area contributed by atoms with E-state index in [2.05, 4.69) is 11.0 Å². The molecular formula is C24H30N2O3. The molecule has 0 spiro atoms. The number of carbonyl (C=O) groups excluding carboxylic acids is 1. The number of rotatable bonds is 7. The molecular weight excluding hydrogens is 364 g/mol. The summed E-state index contributed by atoms with van der Waals surface area (Å²) >= 11 is 0. The molecule has 5 nitrogen and oxygen atoms in total. The largest absolute Gasteiger partial charge is 0.508 e. The molecule has 2 aromatic carbocycles. The number of nitrogens with zero attached hydrogens (tertiary/aromatic N) is 2. The van der Waals surface area contributed by atoms with Crippen LogP contribution in [0.15, 0.2) is 54.6 Å². The second kappa shape index (κ2) is 8.97. The minimum Gasteiger partial charge on any atom is -0.508 e. The van der Waals surface area contributed by atoms with Gasteiger partial charge in [0.15, 0.2) is 0 Å². The molecule has 0 radical (unpaired) electrons. The molecule has 4 rings (SSSR count). The lowest BCUT2D eigenvalue weighted by Gasteiger charge is -2.40. The Morgan fingerprint density at radius 2 is 1.76 bits per heavy atom. The molecule has 29 heavy (non-hydrogen) atoms. The number of aliphatic hydroxyl groups is 1. The number of phenols is 1. The summed E-state index contributed by atoms with van der Waals surface area (Å²) in [5.41, 5.74) is 2.32. The first kappa shape index (κ1) is 19.9. The lowest BCUT2D eigenvalue weighted by molar-refractivity contribution is -0.135. The van der Waals surface area contributed by atoms with Crippen LogP contribution >= 0.6 is 0 Å². The average molecular weight is 395 g/mol. The van der Waals surface area contributed by atoms with Gasteiger partial charge in [-0.25, -0.2) is 0 Å². The SMILES string of the molecule is O=C(CO)N(CCN1[C@@H]2CC[C@H]1C[C@@H](c1cccc(O)c1)C2)Cc1ccccc1. The van der Waals surface area contributed by atoms with Gasteiger partial charge < -0.3 is 15.1 Å². The normalized spacial score (nSPS) is 23.8. The Kier molecular flexibility index (Phi) is 6.16. The van der Waals surface area contributed by atoms with Crippen LogP contribution in [0.4, 0.5) is 0 Å². The highest BCUT2D eigenvalue weighted by Crippen LogP contribution is 2.43. The van der Waals surface area contributed by atoms with Crippen molar-refractivity contribution in [3.05, 3.63) is 65.7 Å². The Morgan fingerprint density at radius 3 is 2.41 bits per heavy atom. The van der Waals surface area contributed by atoms with Gasteiger partial charge in [0.2, 0.25) is 5.91 Å². The number of aliphatic hydroxyl groups excluding tert-OH is 1. The van der Waals surface area contributed by atoms with Crippen molar-refractivity contribution in [2.75, 3.05) is 19.7 Å². The van der Waals surface area contributed by atoms with Gasteiger partial charge in [-0.3, -0.25) is 9.69 Å². The predicted molar refractivity (Wildman–Crippen MR) is 113 cm³/mol. The molecule has 2 aromatic rings. The second-order valence-electron chi connectivity index (χ2n) is 8.35. The zero-order valence-corrected chi connectivity index (χ0v) is 16.8. The number of aromatic hydroxyl groups is 1. The van der Waals surface area contributed by atoms with Gasteiger partial charge in [-0.2, -0.15) is 0 Å². The Hall–Kier alpha value is -2.37. The summed E-state index contributed by atoms with van der Waals surface area (Å²) in [5.74, 6) is 0.627. The van der Waals surface area contributed by atoms with E-state index < -0.39 is 6.61 Å². The van der Waals surface area contributed by atoms with E-state index in [1.165, 1.54) is 18.4 Å². The summed E-state index contributed by atoms with van der Waals surface area (Å²) in [6.45, 7) is 1.58. The third kappa shape index (κ3) is 4.62. The van der Waals surface area contributed by atoms with Crippen LogP contribution in [0.3, 0.4) is 0 Å². The van der Waals surface area contributed by atoms with Crippen LogP contribution in [0.5, 0.6) is 5.75 Å². The van der Waals surface area contributed by atoms with E-state index in [0.717, 1.165) is 24.9 Å². The lowest BCUT2D eigenvalue weighted by Crippen LogP contribution is -2.47. The molecule has 0 unspecified atom stereocenters. The van der Waals surface area contributed by atoms with Crippen molar-refractivity contribution >= 4 is 5.91 Å². The monoisotopic (exact) mass is 394 g/mol. The number of carbonyl (C=O) groups is 1. The zero-order chi connectivity index (χ0) is 20.2. The van der Waals surface area contributed by atoms with Crippen molar-refractivity contribution in [1.82, 2.24) is 9.80 Å². The molecule has 2 fully saturated rings. The van der Waals surface area contributed by atoms with Crippen molar-refractivity contribution in [3.63, 3.8) is 0 Å². The Morgan fingerprint density at radius 1 is 1.03 bits per heavy atom. The van der Waals surface area contributed by atoms with E-state index in [0.29, 0.717) is 36.8 Å². The molecule has 0 saturated carbocycles. The van der Waals surface area contributed by atoms with Crippen LogP contribution in [-0.4, -0.2) is 57.7 Å². The highest BCUT2D eigenvalue weighted by Gasteiger charge is 2.41. The number of fused-ring (bicyclic) bond motifs is 2. The summed E-state index contributed by atoms with van der Waals surface area (Å²) in [6.07, 6.45) is 4.61. The van der Waals surface area contributed by atoms with Crippen LogP contribution < -0.4 is 0 Å². The van der Waals surface area contributed by atoms with Crippen LogP contribution in [0, 0.1) is 0 Å². The summed E-state index contributed by atoms with van der Waals surface area (Å²) in [7, 11) is 0. The molecule has 0 aliphatic carbocycles. The van der Waals surface area contributed by atoms with Crippen LogP contribution in [0.1, 0.15) is 42.7 Å². The topological polar surface area (TPSA) is 64.0 Å². The van der Waals surface area contributed by atoms with Gasteiger partial charge in [-0.05, 0) is 54.9 Å². The summed E-state index contributed by atoms with van der Waals surface area (Å²) < 4.78 is 0. The fourth-order valence-electron chi connectivity index (χ4n) is 5.12. The smallest absolute Gasteiger partial charge is 0.248 e. The number of hydrogen-bond donors (Lipinski definition) is 2. The molecule has 3 atom stereocenters. The molecule has 2 bridgehead atoms. The summed E-state index contributed by atoms with van der Waals surface area (Å²) in [4.78, 5) is 16.6. The Bertz CT molecular complexity index is 812. The maximum Gasteiger partial charge on any atom is 0.248 e. The molecule has 1 amide bonds. The maximum absolute atomic E-state index is 12.3. The molecule has 0 aromatic heterocycles. The van der Waals surface area contributed by atoms with Crippen molar-refractivity contribution in [3.8, 4) is 5.75 Å². The van der Waals surface area contributed by atoms with Gasteiger partial charge in [0.05, 0.1) is 0 Å². The number of benzene rings is 2. The van der Waals surface area contributed by atoms with Gasteiger partial charge >= 0.3 is 0 Å². The third-order valence-electron chi connectivity index (χ3n) is 6.56. The highest BCUT2D eigenvalue weighted by atomic mass is 16.3. The molecule has 5 heteroatoms. The molecule has 2 saturated heterocycles. The minimum atomic E-state index is -0.445. The predicted octanol–water partition coefficient (Wildman–Crippen LogP) is 3.12. The zero-order valence-electron chi connectivity index (χ0n) is 16.8. The van der Waals surface area contributed by atoms with E-state index in [4.69, 9.17) is 0 Å². The second-order valence-corrected chi connectivity index (χ2v) is 8.35. The minimum absolute atomic E-state index is 0.212. The molecule has 2 aliphatic heterocycles. The molecule has 154 valence electrons. The van der Waals surface area contributed by atoms with E-state index >= 15 is 0 Å². The first-order valence-corrected chi connectivity index (χ1v) is 10.6. The van der Waals surface area contributed by atoms with E-state index in [1.807, 2.05) is 42.5 Å². The standard InChI is InChI=1S/C24H30N2O3/c27-17-24(29)25(16-18-5-2-1-3-6-18)11-12-26-21-9-10-22(26)14-20(13-21)19-7-4-8-23(28)15-19/h1-8,15,20-22,27-28H,9-14,16-17H2/t20-,21+,22-. The third-order valence-corrected chi connectivity index (χ3v) is 6.56. The number of phenolic OH excluding ortho intramolecular Hbond substituents is 1. The highest BCUT2D eigenvalue weighted by molar-refractivity contribution is 5.77. The van der Waals surface area contributed by atoms with Crippen molar-refractivity contribution in [2.45, 2.75) is 50.2 Å². The van der Waals surface area contributed by atoms with Gasteiger partial charge in [0.25, 0.3) is 0 Å². The van der Waals surface area contributed by atoms with E-state index in [9.17, 15) is 15.0 Å². The average Bonchev–Trinajstić information content (AvgIpc) is 2.98. The summed E-state index contributed by atoms with van der Waals surface area (Å²) in [5, 5.41) is 19.2. The van der Waals surface area contributed by atoms with Crippen molar-refractivity contribution in [1.29, 1.82) is 0 Å². The molecule has 2 N–H and O–H groups in total. The first-order chi connectivity index (χ1) is 14.1. The lowest BCUT2D eigenvalue weighted by atomic mass is 9.85. The van der Waals surface area contributed by atoms with Gasteiger partial charge in [0, 0.05) is 31.7 Å². The van der Waals surface area contributed by atoms with Gasteiger partial charge in [-0.15, -0.1) is 0 Å². The number of hydrogen-bond acceptors (Lipinski definition) is 4. The summed E-state index contributed by atoms with van der Waals surface area (Å²) in [6, 6.07) is 18.7. The van der Waals surface area contributed by atoms with E-state index in [-0.39, 0.29) is 5.91 Å². The van der Waals surface area contributed by atoms with Gasteiger partial charge in [-0.1, -0.05) is 42.5 Å².